The predicted octanol–water partition coefficient (Wildman–Crippen LogP) is 0.626. The van der Waals surface area contributed by atoms with Crippen LogP contribution in [0.15, 0.2) is 0 Å². The molecule has 0 nitrogen and oxygen atoms in total. The number of hydrogen-bond acceptors (Lipinski definition) is 0. The lowest BCUT2D eigenvalue weighted by molar-refractivity contribution is 1.38. The minimum Gasteiger partial charge on any atom is -0.147 e. The van der Waals surface area contributed by atoms with Crippen LogP contribution in [-0.2, 0) is 0 Å². The van der Waals surface area contributed by atoms with E-state index in [1.807, 2.05) is 6.92 Å². The van der Waals surface area contributed by atoms with E-state index in [9.17, 15) is 0 Å². The Kier molecular flexibility index (Phi) is 9.66. The summed E-state index contributed by atoms with van der Waals surface area (Å²) in [6.07, 6.45) is 0. The summed E-state index contributed by atoms with van der Waals surface area (Å²) in [6.45, 7) is 1.99. The van der Waals surface area contributed by atoms with Gasteiger partial charge in [-0.15, -0.1) is 24.0 Å². The molecule has 1 atom stereocenters. The van der Waals surface area contributed by atoms with Crippen molar-refractivity contribution in [3.05, 3.63) is 0 Å². The molecule has 0 saturated carbocycles. The second kappa shape index (κ2) is 5.11. The third-order valence-electron chi connectivity index (χ3n) is 0. The molecule has 0 aromatic carbocycles. The third-order valence-corrected chi connectivity index (χ3v) is 0. The van der Waals surface area contributed by atoms with E-state index in [4.69, 9.17) is 11.6 Å². The summed E-state index contributed by atoms with van der Waals surface area (Å²) in [5.41, 5.74) is 0. The monoisotopic (exact) mass is 128 g/mol. The van der Waals surface area contributed by atoms with Crippen molar-refractivity contribution in [2.45, 2.75) is 11.2 Å². The largest absolute Gasteiger partial charge is 0.240 e. The van der Waals surface area contributed by atoms with Crippen molar-refractivity contribution >= 4 is 40.3 Å². The summed E-state index contributed by atoms with van der Waals surface area (Å²) in [4.78, 5) is 0. The van der Waals surface area contributed by atoms with Crippen LogP contribution >= 0.6 is 24.0 Å². The van der Waals surface area contributed by atoms with Crippen LogP contribution in [0.3, 0.4) is 0 Å². The first-order valence-electron chi connectivity index (χ1n) is 1.37. The van der Waals surface area contributed by atoms with Crippen LogP contribution in [0, 0.1) is 0 Å². The molecule has 0 aromatic heterocycles. The average Bonchev–Trinajstić information content (AvgIpc) is 0.811. The lowest BCUT2D eigenvalue weighted by Gasteiger charge is -1.74. The maximum Gasteiger partial charge on any atom is 0.240 e. The minimum absolute atomic E-state index is 0. The smallest absolute Gasteiger partial charge is 0.147 e. The van der Waals surface area contributed by atoms with Crippen molar-refractivity contribution in [3.63, 3.8) is 0 Å². The van der Waals surface area contributed by atoms with Crippen molar-refractivity contribution in [2.24, 2.45) is 0 Å². The molecule has 0 bridgehead atoms. The highest BCUT2D eigenvalue weighted by Crippen LogP contribution is 1.78. The number of rotatable bonds is 0. The first kappa shape index (κ1) is 9.45. The van der Waals surface area contributed by atoms with Crippen LogP contribution in [0.1, 0.15) is 6.92 Å². The molecule has 3 heteroatoms. The zero-order chi connectivity index (χ0) is 3.58. The Morgan fingerprint density at radius 2 is 1.80 bits per heavy atom. The van der Waals surface area contributed by atoms with Gasteiger partial charge in [0.1, 0.15) is 0 Å². The van der Waals surface area contributed by atoms with Crippen LogP contribution < -0.4 is 0 Å². The molecule has 0 radical (unpaired) electrons. The van der Waals surface area contributed by atoms with Crippen molar-refractivity contribution in [3.8, 4) is 0 Å². The Labute approximate surface area is 51.7 Å². The van der Waals surface area contributed by atoms with Gasteiger partial charge in [-0.1, -0.05) is 6.92 Å². The molecule has 0 N–H and O–H groups in total. The van der Waals surface area contributed by atoms with Gasteiger partial charge in [0.05, 0.1) is 0 Å². The van der Waals surface area contributed by atoms with Gasteiger partial charge in [0.15, 0.2) is 0 Å². The van der Waals surface area contributed by atoms with E-state index in [2.05, 4.69) is 0 Å². The molecule has 0 amide bonds. The molecule has 32 valence electrons. The fourth-order valence-electron chi connectivity index (χ4n) is 0. The number of hydrogen-bond donors (Lipinski definition) is 0. The van der Waals surface area contributed by atoms with Crippen LogP contribution in [0.2, 0.25) is 0 Å². The Hall–Kier alpha value is 1.11. The summed E-state index contributed by atoms with van der Waals surface area (Å²) in [5, 5.41) is 0. The van der Waals surface area contributed by atoms with E-state index >= 15 is 0 Å². The SMILES string of the molecule is C[CH]([AlH2])Cl.Cl. The molecular formula is C2H7AlCl2. The van der Waals surface area contributed by atoms with Crippen molar-refractivity contribution in [1.82, 2.24) is 0 Å². The van der Waals surface area contributed by atoms with Crippen molar-refractivity contribution in [1.29, 1.82) is 0 Å². The van der Waals surface area contributed by atoms with Gasteiger partial charge in [-0.25, -0.2) is 0 Å². The van der Waals surface area contributed by atoms with E-state index in [-0.39, 0.29) is 12.4 Å². The van der Waals surface area contributed by atoms with Crippen molar-refractivity contribution in [2.75, 3.05) is 0 Å². The normalized spacial score (nSPS) is 12.4. The topological polar surface area (TPSA) is 0 Å². The Morgan fingerprint density at radius 1 is 1.80 bits per heavy atom. The number of halogens is 2. The molecule has 0 saturated heterocycles. The summed E-state index contributed by atoms with van der Waals surface area (Å²) in [7, 11) is 0. The Balaban J connectivity index is 0. The summed E-state index contributed by atoms with van der Waals surface area (Å²) >= 11 is 6.45. The molecule has 0 heterocycles. The van der Waals surface area contributed by atoms with Crippen LogP contribution in [0.4, 0.5) is 0 Å². The van der Waals surface area contributed by atoms with Gasteiger partial charge in [0.2, 0.25) is 16.3 Å². The van der Waals surface area contributed by atoms with E-state index in [1.165, 1.54) is 0 Å². The lowest BCUT2D eigenvalue weighted by Crippen LogP contribution is -1.81. The molecular weight excluding hydrogens is 122 g/mol. The van der Waals surface area contributed by atoms with Crippen LogP contribution in [0.25, 0.3) is 0 Å². The van der Waals surface area contributed by atoms with Gasteiger partial charge in [0.25, 0.3) is 0 Å². The highest BCUT2D eigenvalue weighted by atomic mass is 35.5. The molecule has 0 aliphatic heterocycles. The Bertz CT molecular complexity index is 12.4. The molecule has 1 unspecified atom stereocenters. The maximum atomic E-state index is 5.34. The second-order valence-electron chi connectivity index (χ2n) is 1.01. The third kappa shape index (κ3) is 40.0. The van der Waals surface area contributed by atoms with E-state index in [0.717, 1.165) is 16.3 Å². The molecule has 0 aromatic rings. The van der Waals surface area contributed by atoms with Gasteiger partial charge < -0.3 is 0 Å². The molecule has 0 rings (SSSR count). The lowest BCUT2D eigenvalue weighted by atomic mass is 11.0. The highest BCUT2D eigenvalue weighted by molar-refractivity contribution is 6.40. The minimum atomic E-state index is 0. The zero-order valence-electron chi connectivity index (χ0n) is 3.36. The quantitative estimate of drug-likeness (QED) is 0.332. The molecule has 0 fully saturated rings. The van der Waals surface area contributed by atoms with E-state index in [0.29, 0.717) is 4.24 Å². The van der Waals surface area contributed by atoms with E-state index in [1.54, 1.807) is 0 Å². The van der Waals surface area contributed by atoms with Crippen LogP contribution in [0.5, 0.6) is 0 Å². The molecule has 0 aliphatic carbocycles. The molecule has 0 aliphatic rings. The first-order chi connectivity index (χ1) is 1.73. The average molecular weight is 129 g/mol. The van der Waals surface area contributed by atoms with Gasteiger partial charge in [-0.2, -0.15) is 0 Å². The number of alkyl halides is 1. The zero-order valence-corrected chi connectivity index (χ0v) is 6.94. The van der Waals surface area contributed by atoms with Crippen molar-refractivity contribution < 1.29 is 0 Å². The van der Waals surface area contributed by atoms with Gasteiger partial charge >= 0.3 is 0 Å². The molecule has 5 heavy (non-hydrogen) atoms. The van der Waals surface area contributed by atoms with E-state index < -0.39 is 0 Å². The predicted molar refractivity (Wildman–Crippen MR) is 31.1 cm³/mol. The van der Waals surface area contributed by atoms with Crippen LogP contribution in [-0.4, -0.2) is 20.5 Å². The summed E-state index contributed by atoms with van der Waals surface area (Å²) in [6, 6.07) is 0. The molecule has 0 spiro atoms. The highest BCUT2D eigenvalue weighted by Gasteiger charge is 1.74. The maximum absolute atomic E-state index is 5.34. The summed E-state index contributed by atoms with van der Waals surface area (Å²) in [5.74, 6) is 0. The fourth-order valence-corrected chi connectivity index (χ4v) is 0. The Morgan fingerprint density at radius 3 is 1.80 bits per heavy atom. The van der Waals surface area contributed by atoms with Gasteiger partial charge in [0, 0.05) is 0 Å². The standard InChI is InChI=1S/C2H4Cl.Al.ClH.2H/c1-2-3;;;;/h2H,1H3;;1H;;. The second-order valence-corrected chi connectivity index (χ2v) is 4.35. The van der Waals surface area contributed by atoms with Gasteiger partial charge in [-0.05, 0) is 4.24 Å². The fraction of sp³-hybridized carbons (Fsp3) is 1.00. The van der Waals surface area contributed by atoms with Gasteiger partial charge in [-0.3, -0.25) is 0 Å². The summed E-state index contributed by atoms with van der Waals surface area (Å²) < 4.78 is 0.444. The first-order valence-corrected chi connectivity index (χ1v) is 2.96.